The van der Waals surface area contributed by atoms with Gasteiger partial charge in [-0.25, -0.2) is 4.79 Å². The first kappa shape index (κ1) is 28.1. The minimum Gasteiger partial charge on any atom is -0.493 e. The highest BCUT2D eigenvalue weighted by Gasteiger charge is 2.13. The monoisotopic (exact) mass is 571 g/mol. The Morgan fingerprint density at radius 1 is 0.909 bits per heavy atom. The molecule has 0 aliphatic rings. The van der Waals surface area contributed by atoms with Crippen LogP contribution in [0.1, 0.15) is 25.0 Å². The van der Waals surface area contributed by atoms with Crippen LogP contribution >= 0.6 is 24.0 Å². The molecule has 10 heteroatoms. The second-order valence-corrected chi connectivity index (χ2v) is 7.26. The number of carbonyl (C=O) groups excluding carboxylic acids is 1. The topological polar surface area (TPSA) is 105 Å². The summed E-state index contributed by atoms with van der Waals surface area (Å²) in [5, 5.41) is 12.1. The van der Waals surface area contributed by atoms with E-state index in [0.29, 0.717) is 36.3 Å². The van der Waals surface area contributed by atoms with E-state index in [-0.39, 0.29) is 36.0 Å². The molecule has 0 aliphatic carbocycles. The van der Waals surface area contributed by atoms with Crippen LogP contribution < -0.4 is 35.5 Å². The quantitative estimate of drug-likeness (QED) is 0.208. The van der Waals surface area contributed by atoms with E-state index in [4.69, 9.17) is 14.2 Å². The molecule has 9 nitrogen and oxygen atoms in total. The Balaban J connectivity index is 0.00000544. The first-order chi connectivity index (χ1) is 15.4. The summed E-state index contributed by atoms with van der Waals surface area (Å²) in [6.07, 6.45) is 0. The van der Waals surface area contributed by atoms with Gasteiger partial charge in [-0.2, -0.15) is 0 Å². The van der Waals surface area contributed by atoms with Crippen LogP contribution in [-0.4, -0.2) is 46.4 Å². The highest BCUT2D eigenvalue weighted by Crippen LogP contribution is 2.38. The number of guanidine groups is 1. The molecule has 4 N–H and O–H groups in total. The predicted molar refractivity (Wildman–Crippen MR) is 142 cm³/mol. The maximum absolute atomic E-state index is 11.8. The minimum absolute atomic E-state index is 0. The summed E-state index contributed by atoms with van der Waals surface area (Å²) in [6, 6.07) is 11.3. The molecule has 2 aromatic carbocycles. The van der Waals surface area contributed by atoms with Crippen molar-refractivity contribution in [2.75, 3.05) is 33.7 Å². The smallest absolute Gasteiger partial charge is 0.319 e. The van der Waals surface area contributed by atoms with Crippen molar-refractivity contribution in [2.24, 2.45) is 4.99 Å². The van der Waals surface area contributed by atoms with Gasteiger partial charge in [-0.3, -0.25) is 4.99 Å². The number of rotatable bonds is 9. The van der Waals surface area contributed by atoms with Gasteiger partial charge in [0.1, 0.15) is 0 Å². The zero-order valence-corrected chi connectivity index (χ0v) is 22.3. The fourth-order valence-corrected chi connectivity index (χ4v) is 2.96. The number of urea groups is 1. The average molecular weight is 571 g/mol. The summed E-state index contributed by atoms with van der Waals surface area (Å²) in [5.41, 5.74) is 2.74. The summed E-state index contributed by atoms with van der Waals surface area (Å²) in [6.45, 7) is 4.92. The Morgan fingerprint density at radius 2 is 1.45 bits per heavy atom. The van der Waals surface area contributed by atoms with Gasteiger partial charge >= 0.3 is 6.03 Å². The molecule has 0 radical (unpaired) electrons. The third-order valence-corrected chi connectivity index (χ3v) is 4.50. The Labute approximate surface area is 212 Å². The number of ether oxygens (including phenoxy) is 3. The first-order valence-corrected chi connectivity index (χ1v) is 10.3. The molecule has 0 aromatic heterocycles. The molecule has 0 bridgehead atoms. The molecule has 0 fully saturated rings. The number of aliphatic imine (C=N–C) groups is 1. The standard InChI is InChI=1S/C23H33N5O4.HI/c1-15(2)27-23(29)28-18-9-7-16(8-10-18)13-25-22(24-3)26-14-17-11-19(30-4)21(32-6)20(12-17)31-5;/h7-12,15H,13-14H2,1-6H3,(H2,24,25,26)(H2,27,28,29);1H. The lowest BCUT2D eigenvalue weighted by atomic mass is 10.2. The number of nitrogens with zero attached hydrogens (tertiary/aromatic N) is 1. The Bertz CT molecular complexity index is 895. The van der Waals surface area contributed by atoms with Crippen molar-refractivity contribution in [3.8, 4) is 17.2 Å². The molecule has 0 aliphatic heterocycles. The molecular formula is C23H34IN5O4. The lowest BCUT2D eigenvalue weighted by Crippen LogP contribution is -2.36. The lowest BCUT2D eigenvalue weighted by Gasteiger charge is -2.16. The summed E-state index contributed by atoms with van der Waals surface area (Å²) < 4.78 is 16.2. The van der Waals surface area contributed by atoms with Gasteiger partial charge in [0.15, 0.2) is 17.5 Å². The lowest BCUT2D eigenvalue weighted by molar-refractivity contribution is 0.250. The summed E-state index contributed by atoms with van der Waals surface area (Å²) in [5.74, 6) is 2.41. The van der Waals surface area contributed by atoms with Gasteiger partial charge in [-0.05, 0) is 49.2 Å². The van der Waals surface area contributed by atoms with Crippen LogP contribution in [0.5, 0.6) is 17.2 Å². The van der Waals surface area contributed by atoms with Crippen molar-refractivity contribution in [3.63, 3.8) is 0 Å². The maximum atomic E-state index is 11.8. The van der Waals surface area contributed by atoms with Crippen LogP contribution in [0.25, 0.3) is 0 Å². The highest BCUT2D eigenvalue weighted by molar-refractivity contribution is 14.0. The molecular weight excluding hydrogens is 537 g/mol. The van der Waals surface area contributed by atoms with Gasteiger partial charge in [-0.15, -0.1) is 24.0 Å². The molecule has 33 heavy (non-hydrogen) atoms. The first-order valence-electron chi connectivity index (χ1n) is 10.3. The Kier molecular flexibility index (Phi) is 12.2. The number of hydrogen-bond donors (Lipinski definition) is 4. The van der Waals surface area contributed by atoms with E-state index in [2.05, 4.69) is 26.3 Å². The van der Waals surface area contributed by atoms with Crippen molar-refractivity contribution >= 4 is 41.7 Å². The van der Waals surface area contributed by atoms with Crippen LogP contribution in [0.15, 0.2) is 41.4 Å². The number of benzene rings is 2. The van der Waals surface area contributed by atoms with Gasteiger partial charge in [0.25, 0.3) is 0 Å². The summed E-state index contributed by atoms with van der Waals surface area (Å²) >= 11 is 0. The fraction of sp³-hybridized carbons (Fsp3) is 0.391. The number of nitrogens with one attached hydrogen (secondary N) is 4. The number of carbonyl (C=O) groups is 1. The van der Waals surface area contributed by atoms with Gasteiger partial charge in [-0.1, -0.05) is 12.1 Å². The summed E-state index contributed by atoms with van der Waals surface area (Å²) in [7, 11) is 6.47. The third-order valence-electron chi connectivity index (χ3n) is 4.50. The SMILES string of the molecule is CN=C(NCc1ccc(NC(=O)NC(C)C)cc1)NCc1cc(OC)c(OC)c(OC)c1.I. The van der Waals surface area contributed by atoms with Crippen LogP contribution in [-0.2, 0) is 13.1 Å². The van der Waals surface area contributed by atoms with E-state index in [0.717, 1.165) is 16.8 Å². The van der Waals surface area contributed by atoms with Crippen molar-refractivity contribution in [1.82, 2.24) is 16.0 Å². The van der Waals surface area contributed by atoms with Gasteiger partial charge in [0, 0.05) is 31.9 Å². The Morgan fingerprint density at radius 3 is 1.91 bits per heavy atom. The molecule has 2 amide bonds. The number of halogens is 1. The molecule has 0 saturated carbocycles. The summed E-state index contributed by atoms with van der Waals surface area (Å²) in [4.78, 5) is 16.0. The minimum atomic E-state index is -0.220. The molecule has 0 heterocycles. The van der Waals surface area contributed by atoms with Crippen LogP contribution in [0.2, 0.25) is 0 Å². The highest BCUT2D eigenvalue weighted by atomic mass is 127. The fourth-order valence-electron chi connectivity index (χ4n) is 2.96. The maximum Gasteiger partial charge on any atom is 0.319 e. The molecule has 182 valence electrons. The number of methoxy groups -OCH3 is 3. The van der Waals surface area contributed by atoms with Crippen molar-refractivity contribution in [2.45, 2.75) is 33.0 Å². The van der Waals surface area contributed by atoms with Gasteiger partial charge in [0.05, 0.1) is 21.3 Å². The second-order valence-electron chi connectivity index (χ2n) is 7.26. The van der Waals surface area contributed by atoms with E-state index in [1.807, 2.05) is 50.2 Å². The number of amides is 2. The van der Waals surface area contributed by atoms with E-state index in [1.165, 1.54) is 0 Å². The van der Waals surface area contributed by atoms with E-state index >= 15 is 0 Å². The molecule has 0 atom stereocenters. The van der Waals surface area contributed by atoms with Gasteiger partial charge < -0.3 is 35.5 Å². The molecule has 0 saturated heterocycles. The number of anilines is 1. The van der Waals surface area contributed by atoms with Crippen LogP contribution in [0.4, 0.5) is 10.5 Å². The molecule has 2 aromatic rings. The average Bonchev–Trinajstić information content (AvgIpc) is 2.78. The van der Waals surface area contributed by atoms with Crippen molar-refractivity contribution < 1.29 is 19.0 Å². The normalized spacial score (nSPS) is 10.7. The Hall–Kier alpha value is -2.89. The molecule has 0 unspecified atom stereocenters. The van der Waals surface area contributed by atoms with E-state index < -0.39 is 0 Å². The van der Waals surface area contributed by atoms with Gasteiger partial charge in [0.2, 0.25) is 5.75 Å². The van der Waals surface area contributed by atoms with E-state index in [9.17, 15) is 4.79 Å². The molecule has 2 rings (SSSR count). The largest absolute Gasteiger partial charge is 0.493 e. The third kappa shape index (κ3) is 8.87. The van der Waals surface area contributed by atoms with Crippen molar-refractivity contribution in [1.29, 1.82) is 0 Å². The zero-order chi connectivity index (χ0) is 23.5. The zero-order valence-electron chi connectivity index (χ0n) is 19.9. The van der Waals surface area contributed by atoms with Crippen molar-refractivity contribution in [3.05, 3.63) is 47.5 Å². The molecule has 0 spiro atoms. The van der Waals surface area contributed by atoms with Crippen LogP contribution in [0, 0.1) is 0 Å². The second kappa shape index (κ2) is 14.3. The predicted octanol–water partition coefficient (Wildman–Crippen LogP) is 3.73. The number of hydrogen-bond acceptors (Lipinski definition) is 5. The van der Waals surface area contributed by atoms with Crippen LogP contribution in [0.3, 0.4) is 0 Å². The van der Waals surface area contributed by atoms with E-state index in [1.54, 1.807) is 28.4 Å².